The van der Waals surface area contributed by atoms with Crippen molar-refractivity contribution in [1.82, 2.24) is 4.98 Å². The first-order valence-corrected chi connectivity index (χ1v) is 10.3. The summed E-state index contributed by atoms with van der Waals surface area (Å²) in [5.74, 6) is 2.83. The zero-order chi connectivity index (χ0) is 17.8. The van der Waals surface area contributed by atoms with Crippen molar-refractivity contribution in [3.63, 3.8) is 0 Å². The van der Waals surface area contributed by atoms with E-state index in [2.05, 4.69) is 11.9 Å². The molecule has 0 N–H and O–H groups in total. The molecule has 1 heterocycles. The summed E-state index contributed by atoms with van der Waals surface area (Å²) in [6.07, 6.45) is 12.5. The second kappa shape index (κ2) is 8.73. The number of hydrogen-bond donors (Lipinski definition) is 0. The van der Waals surface area contributed by atoms with Crippen molar-refractivity contribution in [2.75, 3.05) is 0 Å². The van der Waals surface area contributed by atoms with Crippen molar-refractivity contribution in [1.29, 1.82) is 0 Å². The van der Waals surface area contributed by atoms with Gasteiger partial charge in [0.15, 0.2) is 5.75 Å². The van der Waals surface area contributed by atoms with E-state index >= 15 is 0 Å². The molecule has 2 fully saturated rings. The predicted octanol–water partition coefficient (Wildman–Crippen LogP) is 6.32. The normalized spacial score (nSPS) is 30.0. The summed E-state index contributed by atoms with van der Waals surface area (Å²) in [5.41, 5.74) is 0. The standard InChI is InChI=1S/C20H27Cl2NO2/c1-2-13-3-5-14(6-4-13)15-7-9-16(10-8-15)20(24)25-17-11-18(21)19(22)23-12-17/h11-16H,2-10H2,1H3/t13-,14-,15-,16-. The van der Waals surface area contributed by atoms with E-state index < -0.39 is 0 Å². The summed E-state index contributed by atoms with van der Waals surface area (Å²) in [7, 11) is 0. The molecule has 5 heteroatoms. The predicted molar refractivity (Wildman–Crippen MR) is 101 cm³/mol. The van der Waals surface area contributed by atoms with Crippen molar-refractivity contribution in [2.45, 2.75) is 64.7 Å². The zero-order valence-electron chi connectivity index (χ0n) is 14.8. The van der Waals surface area contributed by atoms with E-state index in [1.807, 2.05) is 0 Å². The number of ether oxygens (including phenoxy) is 1. The van der Waals surface area contributed by atoms with Gasteiger partial charge >= 0.3 is 5.97 Å². The molecule has 0 radical (unpaired) electrons. The molecule has 0 aliphatic heterocycles. The molecule has 138 valence electrons. The minimum atomic E-state index is -0.159. The van der Waals surface area contributed by atoms with E-state index in [1.54, 1.807) is 6.07 Å². The van der Waals surface area contributed by atoms with Gasteiger partial charge in [0.1, 0.15) is 5.15 Å². The highest BCUT2D eigenvalue weighted by molar-refractivity contribution is 6.41. The molecule has 3 nitrogen and oxygen atoms in total. The third-order valence-electron chi connectivity index (χ3n) is 6.23. The van der Waals surface area contributed by atoms with E-state index in [0.717, 1.165) is 43.4 Å². The quantitative estimate of drug-likeness (QED) is 0.451. The van der Waals surface area contributed by atoms with E-state index in [9.17, 15) is 4.79 Å². The Morgan fingerprint density at radius 1 is 1.08 bits per heavy atom. The van der Waals surface area contributed by atoms with Crippen LogP contribution in [0.2, 0.25) is 10.2 Å². The number of rotatable bonds is 4. The molecule has 2 aliphatic carbocycles. The van der Waals surface area contributed by atoms with Gasteiger partial charge in [0.2, 0.25) is 0 Å². The maximum absolute atomic E-state index is 12.4. The van der Waals surface area contributed by atoms with Crippen molar-refractivity contribution in [3.05, 3.63) is 22.4 Å². The lowest BCUT2D eigenvalue weighted by Crippen LogP contribution is -2.30. The van der Waals surface area contributed by atoms with Gasteiger partial charge in [0.25, 0.3) is 0 Å². The number of esters is 1. The summed E-state index contributed by atoms with van der Waals surface area (Å²) >= 11 is 11.7. The Labute approximate surface area is 160 Å². The largest absolute Gasteiger partial charge is 0.425 e. The SMILES string of the molecule is CC[C@H]1CC[C@H]([C@H]2CC[C@H](C(=O)Oc3cnc(Cl)c(Cl)c3)CC2)CC1. The molecular weight excluding hydrogens is 357 g/mol. The molecule has 3 rings (SSSR count). The Bertz CT molecular complexity index is 591. The van der Waals surface area contributed by atoms with E-state index in [-0.39, 0.29) is 17.0 Å². The molecule has 2 saturated carbocycles. The fourth-order valence-corrected chi connectivity index (χ4v) is 4.81. The Kier molecular flexibility index (Phi) is 6.62. The maximum Gasteiger partial charge on any atom is 0.314 e. The number of carbonyl (C=O) groups excluding carboxylic acids is 1. The second-order valence-electron chi connectivity index (χ2n) is 7.67. The lowest BCUT2D eigenvalue weighted by molar-refractivity contribution is -0.140. The number of pyridine rings is 1. The monoisotopic (exact) mass is 383 g/mol. The van der Waals surface area contributed by atoms with E-state index in [4.69, 9.17) is 27.9 Å². The van der Waals surface area contributed by atoms with Gasteiger partial charge in [-0.05, 0) is 56.3 Å². The van der Waals surface area contributed by atoms with Crippen LogP contribution in [-0.2, 0) is 4.79 Å². The van der Waals surface area contributed by atoms with Crippen LogP contribution in [-0.4, -0.2) is 11.0 Å². The molecular formula is C20H27Cl2NO2. The minimum Gasteiger partial charge on any atom is -0.425 e. The van der Waals surface area contributed by atoms with Crippen LogP contribution >= 0.6 is 23.2 Å². The Balaban J connectivity index is 1.47. The van der Waals surface area contributed by atoms with Crippen LogP contribution < -0.4 is 4.74 Å². The lowest BCUT2D eigenvalue weighted by Gasteiger charge is -2.37. The highest BCUT2D eigenvalue weighted by Crippen LogP contribution is 2.42. The van der Waals surface area contributed by atoms with Crippen LogP contribution in [0.5, 0.6) is 5.75 Å². The third-order valence-corrected chi connectivity index (χ3v) is 6.92. The highest BCUT2D eigenvalue weighted by atomic mass is 35.5. The smallest absolute Gasteiger partial charge is 0.314 e. The first-order chi connectivity index (χ1) is 12.1. The molecule has 0 unspecified atom stereocenters. The van der Waals surface area contributed by atoms with E-state index in [1.165, 1.54) is 38.3 Å². The summed E-state index contributed by atoms with van der Waals surface area (Å²) < 4.78 is 5.45. The van der Waals surface area contributed by atoms with Crippen molar-refractivity contribution >= 4 is 29.2 Å². The van der Waals surface area contributed by atoms with Gasteiger partial charge in [-0.2, -0.15) is 0 Å². The van der Waals surface area contributed by atoms with Crippen LogP contribution in [0.4, 0.5) is 0 Å². The third kappa shape index (κ3) is 4.89. The summed E-state index contributed by atoms with van der Waals surface area (Å²) in [5, 5.41) is 0.526. The molecule has 0 saturated heterocycles. The lowest BCUT2D eigenvalue weighted by atomic mass is 9.69. The van der Waals surface area contributed by atoms with Crippen molar-refractivity contribution < 1.29 is 9.53 Å². The molecule has 0 aromatic carbocycles. The average molecular weight is 384 g/mol. The van der Waals surface area contributed by atoms with Crippen LogP contribution in [0.15, 0.2) is 12.3 Å². The van der Waals surface area contributed by atoms with Crippen LogP contribution in [0, 0.1) is 23.7 Å². The fraction of sp³-hybridized carbons (Fsp3) is 0.700. The first kappa shape index (κ1) is 19.0. The molecule has 2 aliphatic rings. The maximum atomic E-state index is 12.4. The summed E-state index contributed by atoms with van der Waals surface area (Å²) in [4.78, 5) is 16.3. The van der Waals surface area contributed by atoms with Crippen LogP contribution in [0.3, 0.4) is 0 Å². The zero-order valence-corrected chi connectivity index (χ0v) is 16.4. The van der Waals surface area contributed by atoms with Crippen LogP contribution in [0.25, 0.3) is 0 Å². The molecule has 0 spiro atoms. The van der Waals surface area contributed by atoms with Gasteiger partial charge in [-0.3, -0.25) is 4.79 Å². The van der Waals surface area contributed by atoms with Gasteiger partial charge < -0.3 is 4.74 Å². The summed E-state index contributed by atoms with van der Waals surface area (Å²) in [6, 6.07) is 1.55. The number of carbonyl (C=O) groups is 1. The number of aromatic nitrogens is 1. The van der Waals surface area contributed by atoms with Gasteiger partial charge in [-0.15, -0.1) is 0 Å². The van der Waals surface area contributed by atoms with Gasteiger partial charge in [-0.25, -0.2) is 4.98 Å². The van der Waals surface area contributed by atoms with Gasteiger partial charge in [-0.1, -0.05) is 49.4 Å². The van der Waals surface area contributed by atoms with Gasteiger partial charge in [0.05, 0.1) is 17.1 Å². The van der Waals surface area contributed by atoms with Crippen molar-refractivity contribution in [2.24, 2.45) is 23.7 Å². The average Bonchev–Trinajstić information content (AvgIpc) is 2.65. The molecule has 1 aromatic rings. The first-order valence-electron chi connectivity index (χ1n) is 9.59. The second-order valence-corrected chi connectivity index (χ2v) is 8.43. The topological polar surface area (TPSA) is 39.2 Å². The van der Waals surface area contributed by atoms with Crippen molar-refractivity contribution in [3.8, 4) is 5.75 Å². The number of hydrogen-bond acceptors (Lipinski definition) is 3. The number of halogens is 2. The molecule has 0 amide bonds. The molecule has 0 atom stereocenters. The number of nitrogens with zero attached hydrogens (tertiary/aromatic N) is 1. The highest BCUT2D eigenvalue weighted by Gasteiger charge is 2.33. The van der Waals surface area contributed by atoms with Gasteiger partial charge in [0, 0.05) is 6.07 Å². The minimum absolute atomic E-state index is 0.00214. The fourth-order valence-electron chi connectivity index (χ4n) is 4.55. The van der Waals surface area contributed by atoms with Crippen LogP contribution in [0.1, 0.15) is 64.7 Å². The molecule has 25 heavy (non-hydrogen) atoms. The summed E-state index contributed by atoms with van der Waals surface area (Å²) in [6.45, 7) is 2.31. The Morgan fingerprint density at radius 2 is 1.68 bits per heavy atom. The molecule has 0 bridgehead atoms. The molecule has 1 aromatic heterocycles. The van der Waals surface area contributed by atoms with E-state index in [0.29, 0.717) is 10.8 Å². The Morgan fingerprint density at radius 3 is 2.24 bits per heavy atom. The Hall–Kier alpha value is -0.800.